The number of methoxy groups -OCH3 is 1. The summed E-state index contributed by atoms with van der Waals surface area (Å²) in [6.45, 7) is 4.41. The molecule has 2 aliphatic heterocycles. The van der Waals surface area contributed by atoms with Crippen LogP contribution in [0.4, 0.5) is 0 Å². The van der Waals surface area contributed by atoms with Crippen LogP contribution in [-0.2, 0) is 14.8 Å². The Kier molecular flexibility index (Phi) is 4.87. The highest BCUT2D eigenvalue weighted by molar-refractivity contribution is 7.88. The van der Waals surface area contributed by atoms with Crippen molar-refractivity contribution in [3.63, 3.8) is 0 Å². The highest BCUT2D eigenvalue weighted by Crippen LogP contribution is 2.44. The fraction of sp³-hybridized carbons (Fsp3) is 0.647. The van der Waals surface area contributed by atoms with Crippen molar-refractivity contribution in [2.45, 2.75) is 13.3 Å². The smallest absolute Gasteiger partial charge is 0.272 e. The van der Waals surface area contributed by atoms with Gasteiger partial charge in [0.25, 0.3) is 5.91 Å². The monoisotopic (exact) mass is 367 g/mol. The molecular formula is C17H25N3O4S. The molecule has 0 N–H and O–H groups in total. The van der Waals surface area contributed by atoms with Gasteiger partial charge in [0.2, 0.25) is 10.0 Å². The van der Waals surface area contributed by atoms with Crippen LogP contribution >= 0.6 is 0 Å². The first-order valence-electron chi connectivity index (χ1n) is 8.42. The minimum Gasteiger partial charge on any atom is -0.384 e. The zero-order chi connectivity index (χ0) is 18.2. The summed E-state index contributed by atoms with van der Waals surface area (Å²) >= 11 is 0. The van der Waals surface area contributed by atoms with Gasteiger partial charge in [-0.15, -0.1) is 0 Å². The number of amides is 1. The summed E-state index contributed by atoms with van der Waals surface area (Å²) in [6, 6.07) is 3.69. The van der Waals surface area contributed by atoms with Crippen molar-refractivity contribution in [3.05, 3.63) is 29.6 Å². The van der Waals surface area contributed by atoms with Crippen LogP contribution in [0, 0.1) is 18.3 Å². The molecule has 3 heterocycles. The Morgan fingerprint density at radius 3 is 2.84 bits per heavy atom. The third-order valence-corrected chi connectivity index (χ3v) is 6.72. The molecule has 3 rings (SSSR count). The number of fused-ring (bicyclic) bond motifs is 1. The number of sulfonamides is 1. The third-order valence-electron chi connectivity index (χ3n) is 5.50. The molecule has 0 radical (unpaired) electrons. The van der Waals surface area contributed by atoms with Crippen LogP contribution in [0.1, 0.15) is 22.5 Å². The number of hydrogen-bond donors (Lipinski definition) is 0. The molecule has 2 aliphatic rings. The van der Waals surface area contributed by atoms with E-state index in [0.29, 0.717) is 38.5 Å². The summed E-state index contributed by atoms with van der Waals surface area (Å²) in [6.07, 6.45) is 3.60. The predicted molar refractivity (Wildman–Crippen MR) is 93.7 cm³/mol. The Morgan fingerprint density at radius 1 is 1.44 bits per heavy atom. The zero-order valence-electron chi connectivity index (χ0n) is 14.9. The number of aromatic nitrogens is 1. The number of carbonyl (C=O) groups excluding carboxylic acids is 1. The van der Waals surface area contributed by atoms with Crippen LogP contribution in [-0.4, -0.2) is 74.7 Å². The average molecular weight is 367 g/mol. The first-order chi connectivity index (χ1) is 11.8. The average Bonchev–Trinajstić information content (AvgIpc) is 2.94. The lowest BCUT2D eigenvalue weighted by Crippen LogP contribution is -2.51. The molecule has 0 spiro atoms. The molecule has 7 nitrogen and oxygen atoms in total. The number of likely N-dealkylation sites (tertiary alicyclic amines) is 1. The summed E-state index contributed by atoms with van der Waals surface area (Å²) < 4.78 is 30.9. The molecule has 2 saturated heterocycles. The molecule has 2 fully saturated rings. The van der Waals surface area contributed by atoms with E-state index in [4.69, 9.17) is 4.74 Å². The molecule has 0 aromatic carbocycles. The van der Waals surface area contributed by atoms with E-state index in [9.17, 15) is 13.2 Å². The molecule has 2 atom stereocenters. The fourth-order valence-corrected chi connectivity index (χ4v) is 5.00. The molecule has 0 unspecified atom stereocenters. The third kappa shape index (κ3) is 3.43. The molecule has 1 aromatic rings. The van der Waals surface area contributed by atoms with Crippen molar-refractivity contribution in [2.24, 2.45) is 11.3 Å². The van der Waals surface area contributed by atoms with Gasteiger partial charge in [0.05, 0.1) is 12.9 Å². The van der Waals surface area contributed by atoms with Crippen molar-refractivity contribution in [1.82, 2.24) is 14.2 Å². The van der Waals surface area contributed by atoms with Crippen molar-refractivity contribution in [2.75, 3.05) is 46.2 Å². The second-order valence-corrected chi connectivity index (χ2v) is 9.20. The number of carbonyl (C=O) groups is 1. The topological polar surface area (TPSA) is 79.8 Å². The highest BCUT2D eigenvalue weighted by Gasteiger charge is 2.52. The Hall–Kier alpha value is -1.51. The number of hydrogen-bond acceptors (Lipinski definition) is 5. The van der Waals surface area contributed by atoms with Gasteiger partial charge in [-0.05, 0) is 30.9 Å². The van der Waals surface area contributed by atoms with E-state index in [-0.39, 0.29) is 17.2 Å². The maximum Gasteiger partial charge on any atom is 0.272 e. The van der Waals surface area contributed by atoms with Crippen LogP contribution in [0.25, 0.3) is 0 Å². The second kappa shape index (κ2) is 6.66. The molecule has 1 aromatic heterocycles. The largest absolute Gasteiger partial charge is 0.384 e. The van der Waals surface area contributed by atoms with Crippen molar-refractivity contribution in [1.29, 1.82) is 0 Å². The van der Waals surface area contributed by atoms with E-state index in [1.807, 2.05) is 19.1 Å². The molecule has 0 saturated carbocycles. The minimum absolute atomic E-state index is 0.0730. The first kappa shape index (κ1) is 18.3. The van der Waals surface area contributed by atoms with Crippen molar-refractivity contribution >= 4 is 15.9 Å². The van der Waals surface area contributed by atoms with Crippen LogP contribution in [0.15, 0.2) is 18.3 Å². The molecule has 25 heavy (non-hydrogen) atoms. The van der Waals surface area contributed by atoms with E-state index in [0.717, 1.165) is 12.0 Å². The van der Waals surface area contributed by atoms with Gasteiger partial charge in [-0.3, -0.25) is 9.78 Å². The number of rotatable bonds is 4. The molecule has 8 heteroatoms. The molecule has 0 aliphatic carbocycles. The summed E-state index contributed by atoms with van der Waals surface area (Å²) in [5, 5.41) is 0. The maximum atomic E-state index is 12.9. The molecule has 138 valence electrons. The standard InChI is InChI=1S/C17H25N3O4S/c1-13-5-4-7-18-15(13)16(21)19-8-6-17(12-24-2)11-20(25(3,22)23)10-14(17)9-19/h4-5,7,14H,6,8-12H2,1-3H3/t14-,17+/m1/s1. The Labute approximate surface area is 149 Å². The number of nitrogens with zero attached hydrogens (tertiary/aromatic N) is 3. The van der Waals surface area contributed by atoms with E-state index in [1.54, 1.807) is 18.2 Å². The van der Waals surface area contributed by atoms with Gasteiger partial charge in [-0.25, -0.2) is 12.7 Å². The number of aryl methyl sites for hydroxylation is 1. The minimum atomic E-state index is -3.25. The number of piperidine rings is 1. The van der Waals surface area contributed by atoms with Gasteiger partial charge >= 0.3 is 0 Å². The van der Waals surface area contributed by atoms with Gasteiger partial charge in [0.1, 0.15) is 5.69 Å². The Morgan fingerprint density at radius 2 is 2.20 bits per heavy atom. The van der Waals surface area contributed by atoms with Crippen LogP contribution < -0.4 is 0 Å². The maximum absolute atomic E-state index is 12.9. The van der Waals surface area contributed by atoms with Gasteiger partial charge in [0, 0.05) is 44.9 Å². The van der Waals surface area contributed by atoms with E-state index in [2.05, 4.69) is 4.98 Å². The lowest BCUT2D eigenvalue weighted by atomic mass is 9.73. The summed E-state index contributed by atoms with van der Waals surface area (Å²) in [7, 11) is -1.61. The fourth-order valence-electron chi connectivity index (χ4n) is 4.05. The van der Waals surface area contributed by atoms with Crippen molar-refractivity contribution < 1.29 is 17.9 Å². The second-order valence-electron chi connectivity index (χ2n) is 7.22. The summed E-state index contributed by atoms with van der Waals surface area (Å²) in [5.41, 5.74) is 1.11. The van der Waals surface area contributed by atoms with Gasteiger partial charge in [-0.2, -0.15) is 0 Å². The van der Waals surface area contributed by atoms with Gasteiger partial charge in [0.15, 0.2) is 0 Å². The number of ether oxygens (including phenoxy) is 1. The van der Waals surface area contributed by atoms with Gasteiger partial charge in [-0.1, -0.05) is 6.07 Å². The first-order valence-corrected chi connectivity index (χ1v) is 10.3. The number of pyridine rings is 1. The zero-order valence-corrected chi connectivity index (χ0v) is 15.8. The lowest BCUT2D eigenvalue weighted by Gasteiger charge is -2.43. The highest BCUT2D eigenvalue weighted by atomic mass is 32.2. The van der Waals surface area contributed by atoms with E-state index in [1.165, 1.54) is 10.6 Å². The SMILES string of the molecule is COC[C@@]12CCN(C(=O)c3ncccc3C)C[C@@H]1CN(S(C)(=O)=O)C2. The summed E-state index contributed by atoms with van der Waals surface area (Å²) in [4.78, 5) is 18.9. The van der Waals surface area contributed by atoms with E-state index >= 15 is 0 Å². The molecule has 1 amide bonds. The molecule has 0 bridgehead atoms. The van der Waals surface area contributed by atoms with Crippen LogP contribution in [0.3, 0.4) is 0 Å². The van der Waals surface area contributed by atoms with Gasteiger partial charge < -0.3 is 9.64 Å². The Bertz CT molecular complexity index is 767. The normalized spacial score (nSPS) is 27.3. The predicted octanol–water partition coefficient (Wildman–Crippen LogP) is 0.760. The van der Waals surface area contributed by atoms with Crippen molar-refractivity contribution in [3.8, 4) is 0 Å². The van der Waals surface area contributed by atoms with Crippen LogP contribution in [0.5, 0.6) is 0 Å². The van der Waals surface area contributed by atoms with E-state index < -0.39 is 10.0 Å². The molecular weight excluding hydrogens is 342 g/mol. The summed E-state index contributed by atoms with van der Waals surface area (Å²) in [5.74, 6) is -0.00850. The van der Waals surface area contributed by atoms with Crippen LogP contribution in [0.2, 0.25) is 0 Å². The Balaban J connectivity index is 1.82. The quantitative estimate of drug-likeness (QED) is 0.785. The lowest BCUT2D eigenvalue weighted by molar-refractivity contribution is 0.00320.